The highest BCUT2D eigenvalue weighted by atomic mass is 16.3. The maximum Gasteiger partial charge on any atom is 0.149 e. The first-order chi connectivity index (χ1) is 26.3. The number of benzene rings is 6. The summed E-state index contributed by atoms with van der Waals surface area (Å²) >= 11 is 0. The lowest BCUT2D eigenvalue weighted by Crippen LogP contribution is -2.11. The third kappa shape index (κ3) is 6.29. The molecule has 0 radical (unpaired) electrons. The minimum absolute atomic E-state index is 0.160. The summed E-state index contributed by atoms with van der Waals surface area (Å²) in [6.45, 7) is 6.58. The van der Waals surface area contributed by atoms with Crippen molar-refractivity contribution < 1.29 is 9.22 Å². The van der Waals surface area contributed by atoms with Crippen molar-refractivity contribution in [3.63, 3.8) is 0 Å². The van der Waals surface area contributed by atoms with E-state index in [-0.39, 0.29) is 11.2 Å². The Bertz CT molecular complexity index is 2690. The number of phenols is 1. The summed E-state index contributed by atoms with van der Waals surface area (Å²) in [4.78, 5) is 10.2. The molecule has 0 fully saturated rings. The maximum atomic E-state index is 11.2. The average Bonchev–Trinajstić information content (AvgIpc) is 3.57. The number of aromatic hydroxyl groups is 1. The van der Waals surface area contributed by atoms with Crippen LogP contribution < -0.4 is 0 Å². The molecule has 254 valence electrons. The maximum absolute atomic E-state index is 11.2. The average molecular weight is 679 g/mol. The van der Waals surface area contributed by atoms with E-state index in [2.05, 4.69) is 117 Å². The molecular weight excluding hydrogens is 635 g/mol. The topological polar surface area (TPSA) is 50.9 Å². The van der Waals surface area contributed by atoms with E-state index in [4.69, 9.17) is 14.1 Å². The minimum atomic E-state index is -2.15. The van der Waals surface area contributed by atoms with Crippen molar-refractivity contribution in [2.75, 3.05) is 0 Å². The van der Waals surface area contributed by atoms with E-state index >= 15 is 0 Å². The van der Waals surface area contributed by atoms with Gasteiger partial charge in [-0.15, -0.1) is 0 Å². The van der Waals surface area contributed by atoms with Crippen molar-refractivity contribution in [3.05, 3.63) is 168 Å². The highest BCUT2D eigenvalue weighted by molar-refractivity contribution is 5.97. The van der Waals surface area contributed by atoms with Crippen LogP contribution >= 0.6 is 0 Å². The number of fused-ring (bicyclic) bond motifs is 1. The number of nitrogens with zero attached hydrogens (tertiary/aromatic N) is 3. The molecule has 0 aliphatic carbocycles. The number of aromatic nitrogens is 3. The SMILES string of the molecule is [2H]C([2H])([2H])c1ccc(-c2ccnc(-c3cc(-c4cccc5c4nc(-c4ccccc4O)n5-c4cc(C)cc(-c5ccccc5)c4)cc(C(C)(C)C)c3)c2)cc1. The van der Waals surface area contributed by atoms with Crippen LogP contribution in [0.4, 0.5) is 0 Å². The van der Waals surface area contributed by atoms with E-state index in [9.17, 15) is 5.11 Å². The third-order valence-corrected chi connectivity index (χ3v) is 9.64. The van der Waals surface area contributed by atoms with Crippen molar-refractivity contribution in [2.24, 2.45) is 0 Å². The van der Waals surface area contributed by atoms with Crippen molar-refractivity contribution in [1.29, 1.82) is 0 Å². The molecule has 0 amide bonds. The first kappa shape index (κ1) is 29.5. The number of hydrogen-bond donors (Lipinski definition) is 1. The molecule has 4 heteroatoms. The summed E-state index contributed by atoms with van der Waals surface area (Å²) in [5.74, 6) is 0.809. The van der Waals surface area contributed by atoms with Crippen molar-refractivity contribution in [2.45, 2.75) is 40.0 Å². The Labute approximate surface area is 310 Å². The Morgan fingerprint density at radius 1 is 0.596 bits per heavy atom. The Hall–Kier alpha value is -6.26. The summed E-state index contributed by atoms with van der Waals surface area (Å²) < 4.78 is 25.5. The summed E-state index contributed by atoms with van der Waals surface area (Å²) in [5, 5.41) is 11.2. The van der Waals surface area contributed by atoms with Gasteiger partial charge in [0.15, 0.2) is 0 Å². The van der Waals surface area contributed by atoms with Crippen LogP contribution in [0.1, 0.15) is 41.6 Å². The van der Waals surface area contributed by atoms with Gasteiger partial charge in [0, 0.05) is 27.1 Å². The second-order valence-electron chi connectivity index (χ2n) is 14.4. The summed E-state index contributed by atoms with van der Waals surface area (Å²) in [7, 11) is 0. The molecule has 0 aliphatic heterocycles. The summed E-state index contributed by atoms with van der Waals surface area (Å²) in [6.07, 6.45) is 1.80. The number of imidazole rings is 1. The van der Waals surface area contributed by atoms with E-state index in [1.54, 1.807) is 24.4 Å². The molecule has 1 N–H and O–H groups in total. The van der Waals surface area contributed by atoms with E-state index < -0.39 is 6.85 Å². The summed E-state index contributed by atoms with van der Waals surface area (Å²) in [5.41, 5.74) is 13.6. The van der Waals surface area contributed by atoms with Gasteiger partial charge in [-0.1, -0.05) is 117 Å². The molecule has 0 bridgehead atoms. The molecule has 0 aliphatic rings. The first-order valence-electron chi connectivity index (χ1n) is 19.0. The molecular formula is C48H41N3O. The lowest BCUT2D eigenvalue weighted by Gasteiger charge is -2.22. The number of rotatable bonds is 6. The van der Waals surface area contributed by atoms with Gasteiger partial charge in [-0.05, 0) is 113 Å². The fourth-order valence-electron chi connectivity index (χ4n) is 6.92. The third-order valence-electron chi connectivity index (χ3n) is 9.64. The van der Waals surface area contributed by atoms with Gasteiger partial charge in [-0.3, -0.25) is 9.55 Å². The van der Waals surface area contributed by atoms with Gasteiger partial charge >= 0.3 is 0 Å². The van der Waals surface area contributed by atoms with Crippen LogP contribution in [0.15, 0.2) is 152 Å². The highest BCUT2D eigenvalue weighted by Crippen LogP contribution is 2.40. The van der Waals surface area contributed by atoms with Crippen LogP contribution in [-0.2, 0) is 5.41 Å². The zero-order valence-corrected chi connectivity index (χ0v) is 29.7. The van der Waals surface area contributed by atoms with Crippen molar-refractivity contribution in [1.82, 2.24) is 14.5 Å². The highest BCUT2D eigenvalue weighted by Gasteiger charge is 2.22. The van der Waals surface area contributed by atoms with Crippen molar-refractivity contribution in [3.8, 4) is 67.5 Å². The predicted octanol–water partition coefficient (Wildman–Crippen LogP) is 12.4. The smallest absolute Gasteiger partial charge is 0.149 e. The van der Waals surface area contributed by atoms with E-state index in [0.29, 0.717) is 17.0 Å². The van der Waals surface area contributed by atoms with Gasteiger partial charge in [0.2, 0.25) is 0 Å². The van der Waals surface area contributed by atoms with E-state index in [0.717, 1.165) is 72.5 Å². The van der Waals surface area contributed by atoms with Crippen molar-refractivity contribution >= 4 is 11.0 Å². The Kier molecular flexibility index (Phi) is 7.44. The Morgan fingerprint density at radius 3 is 2.10 bits per heavy atom. The lowest BCUT2D eigenvalue weighted by atomic mass is 9.83. The van der Waals surface area contributed by atoms with Gasteiger partial charge in [-0.25, -0.2) is 4.98 Å². The molecule has 6 aromatic carbocycles. The standard InChI is InChI=1S/C48H41N3O/c1-31-18-20-34(21-19-31)35-22-23-49-43(30-35)38-26-37(27-39(28-38)48(3,4)5)41-15-11-16-44-46(41)50-47(42-14-9-10-17-45(42)52)51(44)40-25-32(2)24-36(29-40)33-12-7-6-8-13-33/h6-30,52H,1-5H3/i1D3. The molecule has 2 aromatic heterocycles. The molecule has 0 saturated heterocycles. The molecule has 8 rings (SSSR count). The molecule has 2 heterocycles. The van der Waals surface area contributed by atoms with E-state index in [1.807, 2.05) is 42.5 Å². The normalized spacial score (nSPS) is 12.7. The van der Waals surface area contributed by atoms with Gasteiger partial charge in [-0.2, -0.15) is 0 Å². The van der Waals surface area contributed by atoms with Gasteiger partial charge < -0.3 is 5.11 Å². The van der Waals surface area contributed by atoms with Gasteiger partial charge in [0.25, 0.3) is 0 Å². The number of pyridine rings is 1. The molecule has 4 nitrogen and oxygen atoms in total. The van der Waals surface area contributed by atoms with Crippen LogP contribution in [0, 0.1) is 13.8 Å². The van der Waals surface area contributed by atoms with E-state index in [1.165, 1.54) is 0 Å². The van der Waals surface area contributed by atoms with Gasteiger partial charge in [0.1, 0.15) is 11.6 Å². The Morgan fingerprint density at radius 2 is 1.33 bits per heavy atom. The van der Waals surface area contributed by atoms with Crippen LogP contribution in [0.2, 0.25) is 0 Å². The fraction of sp³-hybridized carbons (Fsp3) is 0.125. The molecule has 8 aromatic rings. The Balaban J connectivity index is 1.32. The fourth-order valence-corrected chi connectivity index (χ4v) is 6.92. The number of hydrogen-bond acceptors (Lipinski definition) is 3. The van der Waals surface area contributed by atoms with Crippen LogP contribution in [0.3, 0.4) is 0 Å². The second-order valence-corrected chi connectivity index (χ2v) is 14.4. The zero-order valence-electron chi connectivity index (χ0n) is 32.7. The molecule has 0 spiro atoms. The number of phenolic OH excluding ortho intramolecular Hbond substituents is 1. The summed E-state index contributed by atoms with van der Waals surface area (Å²) in [6, 6.07) is 48.2. The minimum Gasteiger partial charge on any atom is -0.507 e. The molecule has 0 atom stereocenters. The second kappa shape index (κ2) is 13.1. The molecule has 52 heavy (non-hydrogen) atoms. The molecule has 0 unspecified atom stereocenters. The lowest BCUT2D eigenvalue weighted by molar-refractivity contribution is 0.477. The monoisotopic (exact) mass is 678 g/mol. The number of aryl methyl sites for hydroxylation is 2. The van der Waals surface area contributed by atoms with Gasteiger partial charge in [0.05, 0.1) is 22.3 Å². The first-order valence-corrected chi connectivity index (χ1v) is 17.5. The quantitative estimate of drug-likeness (QED) is 0.190. The van der Waals surface area contributed by atoms with Crippen LogP contribution in [0.5, 0.6) is 5.75 Å². The number of para-hydroxylation sites is 2. The van der Waals surface area contributed by atoms with Crippen LogP contribution in [0.25, 0.3) is 72.7 Å². The zero-order chi connectivity index (χ0) is 38.5. The van der Waals surface area contributed by atoms with Crippen LogP contribution in [-0.4, -0.2) is 19.6 Å². The predicted molar refractivity (Wildman–Crippen MR) is 216 cm³/mol. The molecule has 0 saturated carbocycles. The largest absolute Gasteiger partial charge is 0.507 e.